The fourth-order valence-electron chi connectivity index (χ4n) is 3.18. The van der Waals surface area contributed by atoms with Crippen LogP contribution in [0.3, 0.4) is 0 Å². The van der Waals surface area contributed by atoms with Gasteiger partial charge in [0.05, 0.1) is 17.8 Å². The Labute approximate surface area is 168 Å². The summed E-state index contributed by atoms with van der Waals surface area (Å²) >= 11 is 0. The average Bonchev–Trinajstić information content (AvgIpc) is 3.24. The van der Waals surface area contributed by atoms with E-state index in [4.69, 9.17) is 10.5 Å². The molecule has 0 radical (unpaired) electrons. The van der Waals surface area contributed by atoms with Crippen LogP contribution in [0.25, 0.3) is 11.0 Å². The molecule has 9 heteroatoms. The van der Waals surface area contributed by atoms with Gasteiger partial charge in [-0.2, -0.15) is 5.10 Å². The minimum atomic E-state index is -0.556. The standard InChI is InChI=1S/C17H18N6O3.C3H6/c1-3-23-12(6-9(2)21-23)16(25)20-17-19-11-7-10(15(18)24)8-13-14(11)22(17)4-5-26-13;1-3-2/h6-8H,3-5H2,1-2H3,(H2,18,24)(H,19,20,25);3H,1H2,2H3. The summed E-state index contributed by atoms with van der Waals surface area (Å²) in [5.74, 6) is 0.0876. The first-order valence-corrected chi connectivity index (χ1v) is 9.29. The first-order valence-electron chi connectivity index (χ1n) is 9.29. The van der Waals surface area contributed by atoms with Crippen molar-refractivity contribution in [3.63, 3.8) is 0 Å². The Hall–Kier alpha value is -3.62. The van der Waals surface area contributed by atoms with Gasteiger partial charge in [-0.05, 0) is 39.0 Å². The van der Waals surface area contributed by atoms with E-state index in [0.29, 0.717) is 48.2 Å². The lowest BCUT2D eigenvalue weighted by molar-refractivity contribution is 0.0995. The summed E-state index contributed by atoms with van der Waals surface area (Å²) in [5, 5.41) is 7.14. The van der Waals surface area contributed by atoms with Crippen molar-refractivity contribution in [2.24, 2.45) is 5.73 Å². The van der Waals surface area contributed by atoms with Gasteiger partial charge in [-0.25, -0.2) is 4.98 Å². The van der Waals surface area contributed by atoms with Crippen molar-refractivity contribution in [2.45, 2.75) is 33.9 Å². The Balaban J connectivity index is 0.000000755. The number of primary amides is 1. The summed E-state index contributed by atoms with van der Waals surface area (Å²) in [5.41, 5.74) is 8.21. The van der Waals surface area contributed by atoms with Crippen LogP contribution in [0.4, 0.5) is 5.95 Å². The molecule has 4 rings (SSSR count). The van der Waals surface area contributed by atoms with E-state index in [9.17, 15) is 9.59 Å². The van der Waals surface area contributed by atoms with E-state index in [1.54, 1.807) is 29.0 Å². The molecule has 1 aliphatic rings. The molecule has 0 spiro atoms. The number of ether oxygens (including phenoxy) is 1. The van der Waals surface area contributed by atoms with Crippen molar-refractivity contribution in [2.75, 3.05) is 11.9 Å². The summed E-state index contributed by atoms with van der Waals surface area (Å²) in [6.45, 7) is 10.6. The van der Waals surface area contributed by atoms with Gasteiger partial charge in [0.15, 0.2) is 0 Å². The number of hydrogen-bond acceptors (Lipinski definition) is 5. The van der Waals surface area contributed by atoms with Crippen LogP contribution < -0.4 is 15.8 Å². The maximum atomic E-state index is 12.7. The van der Waals surface area contributed by atoms with Gasteiger partial charge in [0, 0.05) is 12.1 Å². The number of hydrogen-bond donors (Lipinski definition) is 2. The number of rotatable bonds is 4. The number of carbonyl (C=O) groups is 2. The number of allylic oxidation sites excluding steroid dienone is 1. The molecular formula is C20H24N6O3. The molecule has 0 saturated carbocycles. The van der Waals surface area contributed by atoms with Crippen molar-refractivity contribution in [1.29, 1.82) is 0 Å². The monoisotopic (exact) mass is 396 g/mol. The van der Waals surface area contributed by atoms with Crippen molar-refractivity contribution in [3.05, 3.63) is 47.8 Å². The smallest absolute Gasteiger partial charge is 0.276 e. The molecule has 1 aliphatic heterocycles. The number of aromatic nitrogens is 4. The number of nitrogens with one attached hydrogen (secondary N) is 1. The van der Waals surface area contributed by atoms with Crippen LogP contribution in [-0.4, -0.2) is 37.8 Å². The molecule has 0 bridgehead atoms. The van der Waals surface area contributed by atoms with Crippen LogP contribution in [-0.2, 0) is 13.1 Å². The predicted octanol–water partition coefficient (Wildman–Crippen LogP) is 2.50. The molecule has 9 nitrogen and oxygen atoms in total. The molecule has 0 fully saturated rings. The molecular weight excluding hydrogens is 372 g/mol. The summed E-state index contributed by atoms with van der Waals surface area (Å²) in [6, 6.07) is 4.93. The largest absolute Gasteiger partial charge is 0.489 e. The summed E-state index contributed by atoms with van der Waals surface area (Å²) in [6.07, 6.45) is 1.75. The second kappa shape index (κ2) is 8.17. The number of anilines is 1. The molecule has 152 valence electrons. The SMILES string of the molecule is C=CC.CCn1nc(C)cc1C(=O)Nc1nc2cc(C(N)=O)cc3c2n1CCO3. The fourth-order valence-corrected chi connectivity index (χ4v) is 3.18. The third-order valence-corrected chi connectivity index (χ3v) is 4.32. The summed E-state index contributed by atoms with van der Waals surface area (Å²) in [7, 11) is 0. The van der Waals surface area contributed by atoms with E-state index in [0.717, 1.165) is 11.2 Å². The molecule has 3 heterocycles. The van der Waals surface area contributed by atoms with Crippen LogP contribution >= 0.6 is 0 Å². The number of imidazole rings is 1. The number of carbonyl (C=O) groups excluding carboxylic acids is 2. The third kappa shape index (κ3) is 3.84. The maximum Gasteiger partial charge on any atom is 0.276 e. The number of aryl methyl sites for hydroxylation is 2. The number of nitrogens with two attached hydrogens (primary N) is 1. The molecule has 0 aliphatic carbocycles. The van der Waals surface area contributed by atoms with Gasteiger partial charge in [0.2, 0.25) is 11.9 Å². The first kappa shape index (κ1) is 20.1. The lowest BCUT2D eigenvalue weighted by Crippen LogP contribution is -2.22. The lowest BCUT2D eigenvalue weighted by atomic mass is 10.1. The normalized spacial score (nSPS) is 12.0. The Bertz CT molecular complexity index is 1100. The van der Waals surface area contributed by atoms with E-state index in [2.05, 4.69) is 22.0 Å². The second-order valence-corrected chi connectivity index (χ2v) is 6.49. The van der Waals surface area contributed by atoms with Crippen LogP contribution in [0.15, 0.2) is 30.9 Å². The number of amides is 2. The van der Waals surface area contributed by atoms with Crippen molar-refractivity contribution in [1.82, 2.24) is 19.3 Å². The molecule has 29 heavy (non-hydrogen) atoms. The van der Waals surface area contributed by atoms with Gasteiger partial charge in [-0.1, -0.05) is 6.08 Å². The quantitative estimate of drug-likeness (QED) is 0.657. The highest BCUT2D eigenvalue weighted by molar-refractivity contribution is 6.04. The third-order valence-electron chi connectivity index (χ3n) is 4.32. The molecule has 2 aromatic heterocycles. The van der Waals surface area contributed by atoms with Crippen molar-refractivity contribution in [3.8, 4) is 5.75 Å². The Morgan fingerprint density at radius 1 is 1.38 bits per heavy atom. The molecule has 0 atom stereocenters. The van der Waals surface area contributed by atoms with E-state index in [-0.39, 0.29) is 5.91 Å². The minimum absolute atomic E-state index is 0.290. The van der Waals surface area contributed by atoms with Gasteiger partial charge in [-0.3, -0.25) is 19.6 Å². The Morgan fingerprint density at radius 2 is 2.10 bits per heavy atom. The molecule has 1 aromatic carbocycles. The van der Waals surface area contributed by atoms with Gasteiger partial charge < -0.3 is 15.0 Å². The van der Waals surface area contributed by atoms with Gasteiger partial charge in [0.25, 0.3) is 5.91 Å². The van der Waals surface area contributed by atoms with Crippen LogP contribution in [0, 0.1) is 6.92 Å². The second-order valence-electron chi connectivity index (χ2n) is 6.49. The van der Waals surface area contributed by atoms with Gasteiger partial charge in [0.1, 0.15) is 23.6 Å². The van der Waals surface area contributed by atoms with E-state index in [1.807, 2.05) is 25.3 Å². The van der Waals surface area contributed by atoms with E-state index in [1.165, 1.54) is 0 Å². The molecule has 3 N–H and O–H groups in total. The maximum absolute atomic E-state index is 12.7. The van der Waals surface area contributed by atoms with Crippen LogP contribution in [0.1, 0.15) is 40.4 Å². The topological polar surface area (TPSA) is 117 Å². The number of nitrogens with zero attached hydrogens (tertiary/aromatic N) is 4. The molecule has 2 amide bonds. The highest BCUT2D eigenvalue weighted by atomic mass is 16.5. The van der Waals surface area contributed by atoms with Crippen molar-refractivity contribution < 1.29 is 14.3 Å². The van der Waals surface area contributed by atoms with Gasteiger partial charge >= 0.3 is 0 Å². The fraction of sp³-hybridized carbons (Fsp3) is 0.300. The first-order chi connectivity index (χ1) is 13.9. The Kier molecular flexibility index (Phi) is 5.67. The van der Waals surface area contributed by atoms with E-state index >= 15 is 0 Å². The molecule has 3 aromatic rings. The lowest BCUT2D eigenvalue weighted by Gasteiger charge is -2.18. The summed E-state index contributed by atoms with van der Waals surface area (Å²) < 4.78 is 9.15. The highest BCUT2D eigenvalue weighted by Gasteiger charge is 2.23. The minimum Gasteiger partial charge on any atom is -0.489 e. The molecule has 0 unspecified atom stereocenters. The average molecular weight is 396 g/mol. The zero-order chi connectivity index (χ0) is 21.1. The van der Waals surface area contributed by atoms with Gasteiger partial charge in [-0.15, -0.1) is 6.58 Å². The number of benzene rings is 1. The highest BCUT2D eigenvalue weighted by Crippen LogP contribution is 2.33. The zero-order valence-corrected chi connectivity index (χ0v) is 16.7. The van der Waals surface area contributed by atoms with E-state index < -0.39 is 5.91 Å². The zero-order valence-electron chi connectivity index (χ0n) is 16.7. The van der Waals surface area contributed by atoms with Crippen LogP contribution in [0.2, 0.25) is 0 Å². The van der Waals surface area contributed by atoms with Crippen LogP contribution in [0.5, 0.6) is 5.75 Å². The summed E-state index contributed by atoms with van der Waals surface area (Å²) in [4.78, 5) is 28.7. The van der Waals surface area contributed by atoms with Crippen molar-refractivity contribution >= 4 is 28.8 Å². The predicted molar refractivity (Wildman–Crippen MR) is 110 cm³/mol. The Morgan fingerprint density at radius 3 is 2.76 bits per heavy atom. The molecule has 0 saturated heterocycles.